The van der Waals surface area contributed by atoms with Gasteiger partial charge in [-0.05, 0) is 36.8 Å². The minimum absolute atomic E-state index is 0.0871. The Bertz CT molecular complexity index is 542. The van der Waals surface area contributed by atoms with Crippen molar-refractivity contribution in [2.24, 2.45) is 0 Å². The fourth-order valence-corrected chi connectivity index (χ4v) is 2.06. The number of benzene rings is 1. The van der Waals surface area contributed by atoms with Crippen LogP contribution in [0, 0.1) is 5.82 Å². The first-order valence-electron chi connectivity index (χ1n) is 6.39. The Labute approximate surface area is 117 Å². The zero-order valence-electron chi connectivity index (χ0n) is 11.5. The summed E-state index contributed by atoms with van der Waals surface area (Å²) in [5, 5.41) is 12.7. The molecule has 4 nitrogen and oxygen atoms in total. The molecule has 0 saturated heterocycles. The van der Waals surface area contributed by atoms with Crippen molar-refractivity contribution >= 4 is 0 Å². The third-order valence-corrected chi connectivity index (χ3v) is 3.20. The summed E-state index contributed by atoms with van der Waals surface area (Å²) in [5.74, 6) is 0.469. The van der Waals surface area contributed by atoms with Gasteiger partial charge < -0.3 is 14.3 Å². The average Bonchev–Trinajstić information content (AvgIpc) is 2.99. The highest BCUT2D eigenvalue weighted by atomic mass is 19.1. The van der Waals surface area contributed by atoms with Crippen LogP contribution in [0.15, 0.2) is 41.0 Å². The molecule has 1 aromatic heterocycles. The van der Waals surface area contributed by atoms with Gasteiger partial charge in [-0.15, -0.1) is 0 Å². The van der Waals surface area contributed by atoms with E-state index in [2.05, 4.69) is 5.32 Å². The van der Waals surface area contributed by atoms with Crippen molar-refractivity contribution in [3.05, 3.63) is 53.7 Å². The van der Waals surface area contributed by atoms with Crippen LogP contribution in [-0.2, 0) is 0 Å². The molecular weight excluding hydrogens is 261 g/mol. The second kappa shape index (κ2) is 6.54. The van der Waals surface area contributed by atoms with Gasteiger partial charge in [-0.2, -0.15) is 0 Å². The van der Waals surface area contributed by atoms with Gasteiger partial charge >= 0.3 is 0 Å². The number of hydrogen-bond acceptors (Lipinski definition) is 4. The lowest BCUT2D eigenvalue weighted by atomic mass is 10.1. The molecule has 2 aromatic rings. The van der Waals surface area contributed by atoms with E-state index >= 15 is 0 Å². The normalized spacial score (nSPS) is 14.0. The minimum Gasteiger partial charge on any atom is -0.494 e. The summed E-state index contributed by atoms with van der Waals surface area (Å²) in [7, 11) is 1.43. The molecule has 2 atom stereocenters. The standard InChI is InChI=1S/C15H18FNO3/c1-10(11-5-6-12(16)15(8-11)19-2)17-13(9-18)14-4-3-7-20-14/h3-8,10,13,17-18H,9H2,1-2H3. The van der Waals surface area contributed by atoms with Gasteiger partial charge in [0.25, 0.3) is 0 Å². The molecule has 0 aliphatic carbocycles. The van der Waals surface area contributed by atoms with Crippen molar-refractivity contribution in [2.45, 2.75) is 19.0 Å². The number of aliphatic hydroxyl groups excluding tert-OH is 1. The van der Waals surface area contributed by atoms with E-state index in [1.54, 1.807) is 30.5 Å². The van der Waals surface area contributed by atoms with Crippen molar-refractivity contribution in [1.29, 1.82) is 0 Å². The molecule has 0 spiro atoms. The van der Waals surface area contributed by atoms with Gasteiger partial charge in [-0.1, -0.05) is 6.07 Å². The molecule has 2 rings (SSSR count). The van der Waals surface area contributed by atoms with E-state index in [9.17, 15) is 9.50 Å². The van der Waals surface area contributed by atoms with E-state index < -0.39 is 5.82 Å². The lowest BCUT2D eigenvalue weighted by Crippen LogP contribution is -2.27. The molecule has 0 bridgehead atoms. The van der Waals surface area contributed by atoms with Gasteiger partial charge in [0.05, 0.1) is 26.0 Å². The highest BCUT2D eigenvalue weighted by Gasteiger charge is 2.17. The number of methoxy groups -OCH3 is 1. The largest absolute Gasteiger partial charge is 0.494 e. The number of hydrogen-bond donors (Lipinski definition) is 2. The Morgan fingerprint density at radius 2 is 2.20 bits per heavy atom. The minimum atomic E-state index is -0.395. The Hall–Kier alpha value is -1.85. The first-order valence-corrected chi connectivity index (χ1v) is 6.39. The van der Waals surface area contributed by atoms with E-state index in [-0.39, 0.29) is 24.4 Å². The van der Waals surface area contributed by atoms with Crippen LogP contribution in [0.25, 0.3) is 0 Å². The number of rotatable bonds is 6. The first kappa shape index (κ1) is 14.6. The predicted octanol–water partition coefficient (Wildman–Crippen LogP) is 2.81. The maximum Gasteiger partial charge on any atom is 0.165 e. The molecule has 108 valence electrons. The second-order valence-electron chi connectivity index (χ2n) is 4.53. The maximum atomic E-state index is 13.4. The molecule has 1 aromatic carbocycles. The molecule has 2 unspecified atom stereocenters. The van der Waals surface area contributed by atoms with Crippen LogP contribution in [0.2, 0.25) is 0 Å². The molecule has 5 heteroatoms. The van der Waals surface area contributed by atoms with Crippen molar-refractivity contribution in [3.63, 3.8) is 0 Å². The van der Waals surface area contributed by atoms with Crippen molar-refractivity contribution in [3.8, 4) is 5.75 Å². The summed E-state index contributed by atoms with van der Waals surface area (Å²) < 4.78 is 23.6. The summed E-state index contributed by atoms with van der Waals surface area (Å²) in [5.41, 5.74) is 0.869. The molecule has 0 aliphatic heterocycles. The number of furan rings is 1. The molecule has 0 radical (unpaired) electrons. The molecule has 0 saturated carbocycles. The number of aliphatic hydroxyl groups is 1. The Kier molecular flexibility index (Phi) is 4.76. The third kappa shape index (κ3) is 3.18. The van der Waals surface area contributed by atoms with Gasteiger partial charge in [-0.3, -0.25) is 5.32 Å². The first-order chi connectivity index (χ1) is 9.65. The summed E-state index contributed by atoms with van der Waals surface area (Å²) in [4.78, 5) is 0. The monoisotopic (exact) mass is 279 g/mol. The van der Waals surface area contributed by atoms with Crippen molar-refractivity contribution in [1.82, 2.24) is 5.32 Å². The van der Waals surface area contributed by atoms with Crippen LogP contribution < -0.4 is 10.1 Å². The maximum absolute atomic E-state index is 13.4. The highest BCUT2D eigenvalue weighted by molar-refractivity contribution is 5.32. The fourth-order valence-electron chi connectivity index (χ4n) is 2.06. The third-order valence-electron chi connectivity index (χ3n) is 3.20. The van der Waals surface area contributed by atoms with Crippen LogP contribution in [0.1, 0.15) is 30.3 Å². The Balaban J connectivity index is 2.13. The van der Waals surface area contributed by atoms with Crippen molar-refractivity contribution < 1.29 is 18.7 Å². The predicted molar refractivity (Wildman–Crippen MR) is 73.0 cm³/mol. The number of nitrogens with one attached hydrogen (secondary N) is 1. The van der Waals surface area contributed by atoms with Gasteiger partial charge in [0.15, 0.2) is 11.6 Å². The molecule has 20 heavy (non-hydrogen) atoms. The lowest BCUT2D eigenvalue weighted by molar-refractivity contribution is 0.217. The van der Waals surface area contributed by atoms with Crippen molar-refractivity contribution in [2.75, 3.05) is 13.7 Å². The molecule has 2 N–H and O–H groups in total. The lowest BCUT2D eigenvalue weighted by Gasteiger charge is -2.21. The molecule has 0 fully saturated rings. The zero-order valence-corrected chi connectivity index (χ0v) is 11.5. The quantitative estimate of drug-likeness (QED) is 0.853. The molecular formula is C15H18FNO3. The SMILES string of the molecule is COc1cc(C(C)NC(CO)c2ccco2)ccc1F. The van der Waals surface area contributed by atoms with Crippen LogP contribution in [0.3, 0.4) is 0 Å². The second-order valence-corrected chi connectivity index (χ2v) is 4.53. The smallest absolute Gasteiger partial charge is 0.165 e. The number of ether oxygens (including phenoxy) is 1. The van der Waals surface area contributed by atoms with E-state index in [4.69, 9.17) is 9.15 Å². The molecule has 0 amide bonds. The summed E-state index contributed by atoms with van der Waals surface area (Å²) in [6, 6.07) is 7.86. The van der Waals surface area contributed by atoms with E-state index in [1.807, 2.05) is 6.92 Å². The fraction of sp³-hybridized carbons (Fsp3) is 0.333. The van der Waals surface area contributed by atoms with E-state index in [0.717, 1.165) is 5.56 Å². The van der Waals surface area contributed by atoms with Crippen LogP contribution in [-0.4, -0.2) is 18.8 Å². The highest BCUT2D eigenvalue weighted by Crippen LogP contribution is 2.24. The average molecular weight is 279 g/mol. The molecule has 0 aliphatic rings. The van der Waals surface area contributed by atoms with E-state index in [1.165, 1.54) is 13.2 Å². The topological polar surface area (TPSA) is 54.6 Å². The molecule has 1 heterocycles. The van der Waals surface area contributed by atoms with Gasteiger partial charge in [0.1, 0.15) is 5.76 Å². The van der Waals surface area contributed by atoms with Gasteiger partial charge in [-0.25, -0.2) is 4.39 Å². The summed E-state index contributed by atoms with van der Waals surface area (Å²) in [6.07, 6.45) is 1.56. The summed E-state index contributed by atoms with van der Waals surface area (Å²) >= 11 is 0. The van der Waals surface area contributed by atoms with E-state index in [0.29, 0.717) is 5.76 Å². The number of halogens is 1. The van der Waals surface area contributed by atoms with Crippen LogP contribution >= 0.6 is 0 Å². The van der Waals surface area contributed by atoms with Crippen LogP contribution in [0.5, 0.6) is 5.75 Å². The van der Waals surface area contributed by atoms with Gasteiger partial charge in [0, 0.05) is 6.04 Å². The Morgan fingerprint density at radius 1 is 1.40 bits per heavy atom. The summed E-state index contributed by atoms with van der Waals surface area (Å²) in [6.45, 7) is 1.84. The van der Waals surface area contributed by atoms with Crippen LogP contribution in [0.4, 0.5) is 4.39 Å². The van der Waals surface area contributed by atoms with Gasteiger partial charge in [0.2, 0.25) is 0 Å². The zero-order chi connectivity index (χ0) is 14.5. The Morgan fingerprint density at radius 3 is 2.80 bits per heavy atom.